The van der Waals surface area contributed by atoms with Crippen LogP contribution in [0.5, 0.6) is 0 Å². The quantitative estimate of drug-likeness (QED) is 0.149. The molecule has 3 heteroatoms. The van der Waals surface area contributed by atoms with E-state index in [9.17, 15) is 0 Å². The summed E-state index contributed by atoms with van der Waals surface area (Å²) < 4.78 is 8.70. The number of furan rings is 1. The first-order chi connectivity index (χ1) is 32.2. The topological polar surface area (TPSA) is 21.3 Å². The standard InChI is InChI=1S/C62H40N2O/c1-2-20-52-42(13-1)29-30-47-40-51(35-36-53(47)52)63(49-18-11-17-46(39-49)54-24-12-28-61-62(54)57-23-5-8-27-60(57)65-61)48-33-31-41(32-34-48)43-14-9-15-44(37-43)45-16-10-19-50(38-45)64-58-25-6-3-21-55(58)56-22-4-7-26-59(56)64/h1-40H. The van der Waals surface area contributed by atoms with Crippen molar-refractivity contribution in [2.45, 2.75) is 0 Å². The van der Waals surface area contributed by atoms with E-state index in [1.165, 1.54) is 60.0 Å². The van der Waals surface area contributed by atoms with Crippen LogP contribution in [0.3, 0.4) is 0 Å². The van der Waals surface area contributed by atoms with Crippen LogP contribution in [0.25, 0.3) is 104 Å². The lowest BCUT2D eigenvalue weighted by Crippen LogP contribution is -2.10. The van der Waals surface area contributed by atoms with Gasteiger partial charge in [-0.25, -0.2) is 0 Å². The predicted octanol–water partition coefficient (Wildman–Crippen LogP) is 17.5. The summed E-state index contributed by atoms with van der Waals surface area (Å²) in [6.07, 6.45) is 0. The van der Waals surface area contributed by atoms with Gasteiger partial charge in [0.15, 0.2) is 0 Å². The molecular formula is C62H40N2O. The molecule has 0 spiro atoms. The largest absolute Gasteiger partial charge is 0.456 e. The van der Waals surface area contributed by atoms with Gasteiger partial charge in [-0.15, -0.1) is 0 Å². The van der Waals surface area contributed by atoms with Gasteiger partial charge in [-0.2, -0.15) is 0 Å². The second kappa shape index (κ2) is 15.0. The number of para-hydroxylation sites is 3. The number of fused-ring (bicyclic) bond motifs is 9. The molecule has 0 saturated carbocycles. The first-order valence-corrected chi connectivity index (χ1v) is 22.2. The monoisotopic (exact) mass is 828 g/mol. The lowest BCUT2D eigenvalue weighted by molar-refractivity contribution is 0.669. The van der Waals surface area contributed by atoms with Gasteiger partial charge in [-0.05, 0) is 134 Å². The van der Waals surface area contributed by atoms with E-state index < -0.39 is 0 Å². The highest BCUT2D eigenvalue weighted by molar-refractivity contribution is 6.13. The highest BCUT2D eigenvalue weighted by atomic mass is 16.3. The van der Waals surface area contributed by atoms with E-state index in [0.717, 1.165) is 61.4 Å². The van der Waals surface area contributed by atoms with E-state index in [-0.39, 0.29) is 0 Å². The third-order valence-corrected chi connectivity index (χ3v) is 13.1. The molecule has 65 heavy (non-hydrogen) atoms. The van der Waals surface area contributed by atoms with E-state index >= 15 is 0 Å². The summed E-state index contributed by atoms with van der Waals surface area (Å²) in [6.45, 7) is 0. The van der Waals surface area contributed by atoms with Crippen LogP contribution in [0.2, 0.25) is 0 Å². The van der Waals surface area contributed by atoms with Crippen LogP contribution in [-0.2, 0) is 0 Å². The summed E-state index contributed by atoms with van der Waals surface area (Å²) in [5.74, 6) is 0. The fourth-order valence-corrected chi connectivity index (χ4v) is 10.1. The van der Waals surface area contributed by atoms with E-state index in [1.54, 1.807) is 0 Å². The van der Waals surface area contributed by atoms with Crippen molar-refractivity contribution in [1.82, 2.24) is 4.57 Å². The number of rotatable bonds is 7. The van der Waals surface area contributed by atoms with Crippen molar-refractivity contribution in [3.8, 4) is 39.1 Å². The highest BCUT2D eigenvalue weighted by Gasteiger charge is 2.18. The second-order valence-electron chi connectivity index (χ2n) is 16.9. The molecule has 13 rings (SSSR count). The fraction of sp³-hybridized carbons (Fsp3) is 0. The Hall–Kier alpha value is -8.66. The maximum atomic E-state index is 6.32. The van der Waals surface area contributed by atoms with Crippen molar-refractivity contribution >= 4 is 82.4 Å². The minimum atomic E-state index is 0.892. The average Bonchev–Trinajstić information content (AvgIpc) is 3.93. The van der Waals surface area contributed by atoms with Crippen molar-refractivity contribution < 1.29 is 4.42 Å². The molecule has 0 aliphatic carbocycles. The van der Waals surface area contributed by atoms with Gasteiger partial charge in [0.2, 0.25) is 0 Å². The molecule has 0 radical (unpaired) electrons. The van der Waals surface area contributed by atoms with E-state index in [0.29, 0.717) is 0 Å². The molecule has 0 aliphatic rings. The Labute approximate surface area is 376 Å². The Bertz CT molecular complexity index is 3910. The van der Waals surface area contributed by atoms with Crippen molar-refractivity contribution in [2.75, 3.05) is 4.90 Å². The average molecular weight is 829 g/mol. The van der Waals surface area contributed by atoms with Crippen LogP contribution in [0.15, 0.2) is 247 Å². The van der Waals surface area contributed by atoms with Crippen LogP contribution < -0.4 is 4.90 Å². The maximum absolute atomic E-state index is 6.32. The second-order valence-corrected chi connectivity index (χ2v) is 16.9. The molecule has 11 aromatic carbocycles. The number of aromatic nitrogens is 1. The van der Waals surface area contributed by atoms with Gasteiger partial charge in [0.25, 0.3) is 0 Å². The van der Waals surface area contributed by atoms with Gasteiger partial charge in [0.05, 0.1) is 11.0 Å². The summed E-state index contributed by atoms with van der Waals surface area (Å²) in [5.41, 5.74) is 15.6. The third kappa shape index (κ3) is 6.20. The molecule has 2 aromatic heterocycles. The zero-order valence-electron chi connectivity index (χ0n) is 35.4. The van der Waals surface area contributed by atoms with Gasteiger partial charge in [0.1, 0.15) is 11.2 Å². The molecule has 304 valence electrons. The molecule has 0 fully saturated rings. The Kier molecular flexibility index (Phi) is 8.53. The van der Waals surface area contributed by atoms with Gasteiger partial charge < -0.3 is 13.9 Å². The van der Waals surface area contributed by atoms with Gasteiger partial charge in [-0.3, -0.25) is 0 Å². The summed E-state index contributed by atoms with van der Waals surface area (Å²) in [4.78, 5) is 2.38. The maximum Gasteiger partial charge on any atom is 0.136 e. The normalized spacial score (nSPS) is 11.7. The number of anilines is 3. The molecule has 2 heterocycles. The highest BCUT2D eigenvalue weighted by Crippen LogP contribution is 2.42. The zero-order valence-corrected chi connectivity index (χ0v) is 35.4. The summed E-state index contributed by atoms with van der Waals surface area (Å²) >= 11 is 0. The first-order valence-electron chi connectivity index (χ1n) is 22.2. The van der Waals surface area contributed by atoms with Crippen LogP contribution in [0.1, 0.15) is 0 Å². The third-order valence-electron chi connectivity index (χ3n) is 13.1. The number of nitrogens with zero attached hydrogens (tertiary/aromatic N) is 2. The molecule has 0 bridgehead atoms. The van der Waals surface area contributed by atoms with Crippen molar-refractivity contribution in [3.05, 3.63) is 243 Å². The molecule has 3 nitrogen and oxygen atoms in total. The lowest BCUT2D eigenvalue weighted by Gasteiger charge is -2.27. The zero-order chi connectivity index (χ0) is 42.8. The Morgan fingerprint density at radius 3 is 1.69 bits per heavy atom. The van der Waals surface area contributed by atoms with Crippen LogP contribution in [0.4, 0.5) is 17.1 Å². The van der Waals surface area contributed by atoms with Crippen molar-refractivity contribution in [2.24, 2.45) is 0 Å². The fourth-order valence-electron chi connectivity index (χ4n) is 10.1. The Morgan fingerprint density at radius 1 is 0.308 bits per heavy atom. The van der Waals surface area contributed by atoms with Crippen LogP contribution in [-0.4, -0.2) is 4.57 Å². The smallest absolute Gasteiger partial charge is 0.136 e. The van der Waals surface area contributed by atoms with Gasteiger partial charge in [0, 0.05) is 44.3 Å². The number of hydrogen-bond acceptors (Lipinski definition) is 2. The van der Waals surface area contributed by atoms with Gasteiger partial charge >= 0.3 is 0 Å². The SMILES string of the molecule is c1cc(-c2ccc(N(c3cccc(-c4cccc5oc6ccccc6c45)c3)c3ccc4c(ccc5ccccc54)c3)cc2)cc(-c2cccc(-n3c4ccccc4c4ccccc43)c2)c1. The van der Waals surface area contributed by atoms with Crippen molar-refractivity contribution in [3.63, 3.8) is 0 Å². The minimum absolute atomic E-state index is 0.892. The predicted molar refractivity (Wildman–Crippen MR) is 274 cm³/mol. The van der Waals surface area contributed by atoms with E-state index in [4.69, 9.17) is 4.42 Å². The molecule has 0 N–H and O–H groups in total. The van der Waals surface area contributed by atoms with Crippen LogP contribution >= 0.6 is 0 Å². The summed E-state index contributed by atoms with van der Waals surface area (Å²) in [5, 5.41) is 9.74. The first kappa shape index (κ1) is 36.9. The molecule has 0 amide bonds. The number of hydrogen-bond donors (Lipinski definition) is 0. The molecule has 0 aliphatic heterocycles. The molecule has 0 saturated heterocycles. The van der Waals surface area contributed by atoms with Crippen molar-refractivity contribution in [1.29, 1.82) is 0 Å². The molecular weight excluding hydrogens is 789 g/mol. The molecule has 13 aromatic rings. The Morgan fingerprint density at radius 2 is 0.877 bits per heavy atom. The van der Waals surface area contributed by atoms with E-state index in [2.05, 4.69) is 240 Å². The minimum Gasteiger partial charge on any atom is -0.456 e. The summed E-state index contributed by atoms with van der Waals surface area (Å²) in [7, 11) is 0. The molecule has 0 unspecified atom stereocenters. The summed E-state index contributed by atoms with van der Waals surface area (Å²) in [6, 6.07) is 87.8. The van der Waals surface area contributed by atoms with E-state index in [1.807, 2.05) is 12.1 Å². The van der Waals surface area contributed by atoms with Gasteiger partial charge in [-0.1, -0.05) is 164 Å². The van der Waals surface area contributed by atoms with Crippen LogP contribution in [0, 0.1) is 0 Å². The Balaban J connectivity index is 0.898. The lowest BCUT2D eigenvalue weighted by atomic mass is 9.97. The number of benzene rings is 11. The molecule has 0 atom stereocenters.